The molecule has 2 N–H and O–H groups in total. The number of carbonyl (C=O) groups excluding carboxylic acids is 2. The average Bonchev–Trinajstić information content (AvgIpc) is 2.98. The molecule has 42 heavy (non-hydrogen) atoms. The molecule has 2 aromatic rings. The smallest absolute Gasteiger partial charge is 0.389 e. The summed E-state index contributed by atoms with van der Waals surface area (Å²) in [5, 5.41) is 12.2. The van der Waals surface area contributed by atoms with Crippen molar-refractivity contribution in [1.82, 2.24) is 9.21 Å². The highest BCUT2D eigenvalue weighted by molar-refractivity contribution is 7.89. The van der Waals surface area contributed by atoms with E-state index >= 15 is 0 Å². The van der Waals surface area contributed by atoms with Gasteiger partial charge in [-0.25, -0.2) is 8.42 Å². The summed E-state index contributed by atoms with van der Waals surface area (Å²) in [6, 6.07) is 9.78. The molecule has 0 unspecified atom stereocenters. The zero-order chi connectivity index (χ0) is 31.2. The van der Waals surface area contributed by atoms with E-state index in [4.69, 9.17) is 9.47 Å². The zero-order valence-corrected chi connectivity index (χ0v) is 24.7. The van der Waals surface area contributed by atoms with Crippen molar-refractivity contribution in [3.05, 3.63) is 48.0 Å². The maximum Gasteiger partial charge on any atom is 0.389 e. The second-order valence-electron chi connectivity index (χ2n) is 10.3. The maximum atomic E-state index is 13.3. The quantitative estimate of drug-likeness (QED) is 0.420. The fourth-order valence-electron chi connectivity index (χ4n) is 4.48. The van der Waals surface area contributed by atoms with Crippen molar-refractivity contribution in [3.63, 3.8) is 0 Å². The molecule has 3 atom stereocenters. The van der Waals surface area contributed by atoms with Gasteiger partial charge in [-0.2, -0.15) is 17.5 Å². The van der Waals surface area contributed by atoms with E-state index < -0.39 is 47.1 Å². The third kappa shape index (κ3) is 8.58. The van der Waals surface area contributed by atoms with Crippen LogP contribution in [0.1, 0.15) is 32.3 Å². The SMILES string of the molecule is COc1ccc(S(=O)(=O)N(C)C[C@H]2Oc3ccc(NC(=O)CCC(F)(F)F)cc3CC(=O)N([C@@H](C)CO)C[C@@H]2C)cc1. The van der Waals surface area contributed by atoms with Gasteiger partial charge in [-0.3, -0.25) is 9.59 Å². The Morgan fingerprint density at radius 3 is 2.50 bits per heavy atom. The summed E-state index contributed by atoms with van der Waals surface area (Å²) < 4.78 is 76.8. The van der Waals surface area contributed by atoms with E-state index in [0.717, 1.165) is 4.31 Å². The van der Waals surface area contributed by atoms with Gasteiger partial charge < -0.3 is 24.8 Å². The summed E-state index contributed by atoms with van der Waals surface area (Å²) in [5.41, 5.74) is 0.533. The van der Waals surface area contributed by atoms with Crippen LogP contribution in [0.5, 0.6) is 11.5 Å². The molecular weight excluding hydrogens is 579 g/mol. The molecule has 0 aliphatic carbocycles. The first-order valence-corrected chi connectivity index (χ1v) is 14.8. The Hall–Kier alpha value is -3.36. The number of amides is 2. The highest BCUT2D eigenvalue weighted by Crippen LogP contribution is 2.30. The summed E-state index contributed by atoms with van der Waals surface area (Å²) in [6.07, 6.45) is -7.42. The molecule has 0 aromatic heterocycles. The Morgan fingerprint density at radius 1 is 1.24 bits per heavy atom. The van der Waals surface area contributed by atoms with Crippen molar-refractivity contribution < 1.29 is 45.8 Å². The number of nitrogens with one attached hydrogen (secondary N) is 1. The van der Waals surface area contributed by atoms with Crippen molar-refractivity contribution in [1.29, 1.82) is 0 Å². The van der Waals surface area contributed by atoms with E-state index in [-0.39, 0.29) is 54.3 Å². The van der Waals surface area contributed by atoms with Gasteiger partial charge in [-0.1, -0.05) is 6.92 Å². The van der Waals surface area contributed by atoms with Gasteiger partial charge in [0, 0.05) is 37.2 Å². The molecule has 1 heterocycles. The number of methoxy groups -OCH3 is 1. The average molecular weight is 616 g/mol. The van der Waals surface area contributed by atoms with Crippen LogP contribution in [0.15, 0.2) is 47.4 Å². The van der Waals surface area contributed by atoms with Crippen molar-refractivity contribution in [2.75, 3.05) is 39.2 Å². The van der Waals surface area contributed by atoms with E-state index in [1.165, 1.54) is 61.5 Å². The number of anilines is 1. The highest BCUT2D eigenvalue weighted by Gasteiger charge is 2.34. The molecule has 0 radical (unpaired) electrons. The molecule has 1 aliphatic rings. The monoisotopic (exact) mass is 615 g/mol. The number of likely N-dealkylation sites (N-methyl/N-ethyl adjacent to an activating group) is 1. The summed E-state index contributed by atoms with van der Waals surface area (Å²) in [4.78, 5) is 27.0. The van der Waals surface area contributed by atoms with Crippen LogP contribution in [-0.4, -0.2) is 86.7 Å². The molecule has 0 bridgehead atoms. The van der Waals surface area contributed by atoms with Crippen LogP contribution in [0, 0.1) is 5.92 Å². The first kappa shape index (κ1) is 33.1. The predicted molar refractivity (Wildman–Crippen MR) is 149 cm³/mol. The Morgan fingerprint density at radius 2 is 1.90 bits per heavy atom. The van der Waals surface area contributed by atoms with Crippen molar-refractivity contribution in [2.45, 2.75) is 56.3 Å². The molecule has 0 saturated carbocycles. The Bertz CT molecular complexity index is 1350. The van der Waals surface area contributed by atoms with E-state index in [2.05, 4.69) is 5.32 Å². The lowest BCUT2D eigenvalue weighted by Crippen LogP contribution is -2.48. The number of alkyl halides is 3. The number of carbonyl (C=O) groups is 2. The van der Waals surface area contributed by atoms with E-state index in [1.54, 1.807) is 6.92 Å². The number of aliphatic hydroxyl groups is 1. The number of hydrogen-bond acceptors (Lipinski definition) is 7. The molecular formula is C28H36F3N3O7S. The highest BCUT2D eigenvalue weighted by atomic mass is 32.2. The second-order valence-corrected chi connectivity index (χ2v) is 12.4. The van der Waals surface area contributed by atoms with Crippen LogP contribution in [-0.2, 0) is 26.0 Å². The minimum Gasteiger partial charge on any atom is -0.497 e. The van der Waals surface area contributed by atoms with E-state index in [1.807, 2.05) is 6.92 Å². The molecule has 1 aliphatic heterocycles. The number of halogens is 3. The van der Waals surface area contributed by atoms with Crippen molar-refractivity contribution in [2.24, 2.45) is 5.92 Å². The number of ether oxygens (including phenoxy) is 2. The van der Waals surface area contributed by atoms with Gasteiger partial charge in [0.15, 0.2) is 0 Å². The molecule has 0 spiro atoms. The van der Waals surface area contributed by atoms with Crippen molar-refractivity contribution >= 4 is 27.5 Å². The molecule has 10 nitrogen and oxygen atoms in total. The molecule has 232 valence electrons. The predicted octanol–water partition coefficient (Wildman–Crippen LogP) is 3.45. The topological polar surface area (TPSA) is 125 Å². The summed E-state index contributed by atoms with van der Waals surface area (Å²) in [7, 11) is -1.04. The Balaban J connectivity index is 1.91. The maximum absolute atomic E-state index is 13.3. The lowest BCUT2D eigenvalue weighted by molar-refractivity contribution is -0.142. The van der Waals surface area contributed by atoms with Gasteiger partial charge in [0.1, 0.15) is 17.6 Å². The third-order valence-corrected chi connectivity index (χ3v) is 8.88. The lowest BCUT2D eigenvalue weighted by atomic mass is 10.0. The summed E-state index contributed by atoms with van der Waals surface area (Å²) in [6.45, 7) is 3.26. The number of fused-ring (bicyclic) bond motifs is 1. The minimum atomic E-state index is -4.48. The summed E-state index contributed by atoms with van der Waals surface area (Å²) in [5.74, 6) is -0.796. The Kier molecular flexibility index (Phi) is 10.8. The van der Waals surface area contributed by atoms with Crippen LogP contribution in [0.2, 0.25) is 0 Å². The molecule has 2 aromatic carbocycles. The van der Waals surface area contributed by atoms with E-state index in [9.17, 15) is 36.3 Å². The number of sulfonamides is 1. The van der Waals surface area contributed by atoms with Crippen LogP contribution < -0.4 is 14.8 Å². The van der Waals surface area contributed by atoms with Gasteiger partial charge in [-0.15, -0.1) is 0 Å². The third-order valence-electron chi connectivity index (χ3n) is 7.04. The first-order chi connectivity index (χ1) is 19.6. The van der Waals surface area contributed by atoms with Crippen LogP contribution in [0.3, 0.4) is 0 Å². The Labute approximate surface area is 243 Å². The molecule has 0 saturated heterocycles. The molecule has 2 amide bonds. The fourth-order valence-corrected chi connectivity index (χ4v) is 5.67. The summed E-state index contributed by atoms with van der Waals surface area (Å²) >= 11 is 0. The van der Waals surface area contributed by atoms with Crippen LogP contribution >= 0.6 is 0 Å². The molecule has 3 rings (SSSR count). The van der Waals surface area contributed by atoms with Gasteiger partial charge >= 0.3 is 6.18 Å². The first-order valence-electron chi connectivity index (χ1n) is 13.3. The van der Waals surface area contributed by atoms with Crippen LogP contribution in [0.25, 0.3) is 0 Å². The lowest BCUT2D eigenvalue weighted by Gasteiger charge is -2.33. The normalized spacial score (nSPS) is 18.8. The van der Waals surface area contributed by atoms with Gasteiger partial charge in [0.2, 0.25) is 21.8 Å². The minimum absolute atomic E-state index is 0.0542. The standard InChI is InChI=1S/C28H36F3N3O7S/c1-18-15-34(19(2)17-35)27(37)14-20-13-21(32-26(36)11-12-28(29,30)31)5-10-24(20)41-25(18)16-33(3)42(38,39)23-8-6-22(40-4)7-9-23/h5-10,13,18-19,25,35H,11-12,14-17H2,1-4H3,(H,32,36)/t18-,19-,25+/m0/s1. The van der Waals surface area contributed by atoms with Crippen molar-refractivity contribution in [3.8, 4) is 11.5 Å². The number of hydrogen-bond donors (Lipinski definition) is 2. The number of aliphatic hydroxyl groups excluding tert-OH is 1. The van der Waals surface area contributed by atoms with Gasteiger partial charge in [0.25, 0.3) is 0 Å². The number of benzene rings is 2. The van der Waals surface area contributed by atoms with Crippen LogP contribution in [0.4, 0.5) is 18.9 Å². The van der Waals surface area contributed by atoms with E-state index in [0.29, 0.717) is 11.3 Å². The number of rotatable bonds is 10. The molecule has 14 heteroatoms. The van der Waals surface area contributed by atoms with Gasteiger partial charge in [-0.05, 0) is 49.4 Å². The number of nitrogens with zero attached hydrogens (tertiary/aromatic N) is 2. The largest absolute Gasteiger partial charge is 0.497 e. The van der Waals surface area contributed by atoms with Gasteiger partial charge in [0.05, 0.1) is 44.0 Å². The molecule has 0 fully saturated rings. The second kappa shape index (κ2) is 13.7. The zero-order valence-electron chi connectivity index (χ0n) is 23.8. The fraction of sp³-hybridized carbons (Fsp3) is 0.500.